The van der Waals surface area contributed by atoms with Gasteiger partial charge in [-0.25, -0.2) is 4.99 Å². The van der Waals surface area contributed by atoms with E-state index in [0.29, 0.717) is 29.1 Å². The van der Waals surface area contributed by atoms with Crippen LogP contribution >= 0.6 is 47.2 Å². The molecule has 0 saturated heterocycles. The zero-order valence-electron chi connectivity index (χ0n) is 17.5. The van der Waals surface area contributed by atoms with Crippen LogP contribution in [-0.2, 0) is 17.8 Å². The number of hydrogen-bond acceptors (Lipinski definition) is 4. The van der Waals surface area contributed by atoms with Gasteiger partial charge in [0, 0.05) is 33.6 Å². The lowest BCUT2D eigenvalue weighted by Gasteiger charge is -2.20. The van der Waals surface area contributed by atoms with Crippen molar-refractivity contribution in [2.45, 2.75) is 32.9 Å². The van der Waals surface area contributed by atoms with Gasteiger partial charge in [0.15, 0.2) is 5.96 Å². The predicted molar refractivity (Wildman–Crippen MR) is 132 cm³/mol. The number of aliphatic imine (C=N–C) groups is 1. The summed E-state index contributed by atoms with van der Waals surface area (Å²) >= 11 is 12.1. The second-order valence-electron chi connectivity index (χ2n) is 6.71. The van der Waals surface area contributed by atoms with Gasteiger partial charge in [0.25, 0.3) is 0 Å². The molecule has 8 nitrogen and oxygen atoms in total. The monoisotopic (exact) mass is 567 g/mol. The van der Waals surface area contributed by atoms with E-state index in [1.54, 1.807) is 26.5 Å². The lowest BCUT2D eigenvalue weighted by atomic mass is 10.1. The average molecular weight is 568 g/mol. The Hall–Kier alpha value is -1.59. The van der Waals surface area contributed by atoms with Crippen LogP contribution < -0.4 is 10.6 Å². The molecule has 166 valence electrons. The third-order valence-electron chi connectivity index (χ3n) is 4.33. The molecule has 0 spiro atoms. The third kappa shape index (κ3) is 7.92. The SMILES string of the molecule is CCc1nncn1CCNC(=NCC(=O)N(C)C)NC(C)c1ccc(Cl)c(Cl)c1.I. The molecule has 1 aromatic carbocycles. The summed E-state index contributed by atoms with van der Waals surface area (Å²) in [5.41, 5.74) is 0.958. The molecule has 0 radical (unpaired) electrons. The fourth-order valence-electron chi connectivity index (χ4n) is 2.55. The van der Waals surface area contributed by atoms with Crippen molar-refractivity contribution < 1.29 is 4.79 Å². The largest absolute Gasteiger partial charge is 0.355 e. The first-order valence-corrected chi connectivity index (χ1v) is 10.1. The molecule has 0 fully saturated rings. The van der Waals surface area contributed by atoms with Crippen LogP contribution in [0.4, 0.5) is 0 Å². The molecule has 11 heteroatoms. The molecule has 1 aromatic heterocycles. The maximum atomic E-state index is 11.9. The summed E-state index contributed by atoms with van der Waals surface area (Å²) in [6, 6.07) is 5.38. The predicted octanol–water partition coefficient (Wildman–Crippen LogP) is 3.15. The van der Waals surface area contributed by atoms with Crippen LogP contribution in [0.3, 0.4) is 0 Å². The van der Waals surface area contributed by atoms with Crippen molar-refractivity contribution in [1.82, 2.24) is 30.3 Å². The van der Waals surface area contributed by atoms with E-state index in [0.717, 1.165) is 17.8 Å². The highest BCUT2D eigenvalue weighted by Gasteiger charge is 2.11. The van der Waals surface area contributed by atoms with E-state index in [9.17, 15) is 4.79 Å². The van der Waals surface area contributed by atoms with Gasteiger partial charge in [-0.3, -0.25) is 4.79 Å². The van der Waals surface area contributed by atoms with E-state index in [1.807, 2.05) is 30.5 Å². The van der Waals surface area contributed by atoms with E-state index in [1.165, 1.54) is 4.90 Å². The Bertz CT molecular complexity index is 857. The zero-order chi connectivity index (χ0) is 21.4. The van der Waals surface area contributed by atoms with Crippen molar-refractivity contribution in [3.05, 3.63) is 46.0 Å². The summed E-state index contributed by atoms with van der Waals surface area (Å²) in [7, 11) is 3.41. The normalized spacial score (nSPS) is 12.1. The van der Waals surface area contributed by atoms with Crippen molar-refractivity contribution in [2.24, 2.45) is 4.99 Å². The Balaban J connectivity index is 0.00000450. The number of rotatable bonds is 8. The summed E-state index contributed by atoms with van der Waals surface area (Å²) in [5.74, 6) is 1.37. The van der Waals surface area contributed by atoms with Crippen LogP contribution in [0, 0.1) is 0 Å². The highest BCUT2D eigenvalue weighted by Crippen LogP contribution is 2.25. The highest BCUT2D eigenvalue weighted by molar-refractivity contribution is 14.0. The Morgan fingerprint density at radius 1 is 1.30 bits per heavy atom. The third-order valence-corrected chi connectivity index (χ3v) is 5.06. The number of guanidine groups is 1. The second-order valence-corrected chi connectivity index (χ2v) is 7.53. The molecule has 1 atom stereocenters. The number of halogens is 3. The maximum absolute atomic E-state index is 11.9. The number of aromatic nitrogens is 3. The zero-order valence-corrected chi connectivity index (χ0v) is 21.4. The lowest BCUT2D eigenvalue weighted by molar-refractivity contribution is -0.127. The van der Waals surface area contributed by atoms with E-state index < -0.39 is 0 Å². The van der Waals surface area contributed by atoms with E-state index in [4.69, 9.17) is 23.2 Å². The van der Waals surface area contributed by atoms with Crippen LogP contribution in [-0.4, -0.2) is 58.7 Å². The van der Waals surface area contributed by atoms with Gasteiger partial charge in [-0.1, -0.05) is 36.2 Å². The second kappa shape index (κ2) is 13.0. The maximum Gasteiger partial charge on any atom is 0.243 e. The molecule has 0 aliphatic heterocycles. The van der Waals surface area contributed by atoms with Gasteiger partial charge in [-0.05, 0) is 24.6 Å². The molecule has 0 saturated carbocycles. The van der Waals surface area contributed by atoms with Gasteiger partial charge in [-0.2, -0.15) is 0 Å². The Labute approximate surface area is 204 Å². The number of carbonyl (C=O) groups is 1. The summed E-state index contributed by atoms with van der Waals surface area (Å²) in [4.78, 5) is 17.9. The number of benzene rings is 1. The first-order valence-electron chi connectivity index (χ1n) is 9.38. The van der Waals surface area contributed by atoms with E-state index in [-0.39, 0.29) is 42.5 Å². The summed E-state index contributed by atoms with van der Waals surface area (Å²) in [6.07, 6.45) is 2.52. The smallest absolute Gasteiger partial charge is 0.243 e. The van der Waals surface area contributed by atoms with Crippen LogP contribution in [0.15, 0.2) is 29.5 Å². The van der Waals surface area contributed by atoms with Gasteiger partial charge >= 0.3 is 0 Å². The molecule has 2 rings (SSSR count). The highest BCUT2D eigenvalue weighted by atomic mass is 127. The summed E-state index contributed by atoms with van der Waals surface area (Å²) in [6.45, 7) is 5.34. The van der Waals surface area contributed by atoms with Crippen LogP contribution in [0.2, 0.25) is 10.0 Å². The van der Waals surface area contributed by atoms with Crippen LogP contribution in [0.5, 0.6) is 0 Å². The molecule has 1 heterocycles. The molecular formula is C19H28Cl2IN7O. The van der Waals surface area contributed by atoms with Crippen molar-refractivity contribution in [2.75, 3.05) is 27.2 Å². The molecule has 2 aromatic rings. The quantitative estimate of drug-likeness (QED) is 0.291. The topological polar surface area (TPSA) is 87.4 Å². The number of hydrogen-bond donors (Lipinski definition) is 2. The van der Waals surface area contributed by atoms with Gasteiger partial charge in [0.1, 0.15) is 18.7 Å². The fraction of sp³-hybridized carbons (Fsp3) is 0.474. The van der Waals surface area contributed by atoms with Gasteiger partial charge in [0.2, 0.25) is 5.91 Å². The number of nitrogens with one attached hydrogen (secondary N) is 2. The Kier molecular flexibility index (Phi) is 11.4. The fourth-order valence-corrected chi connectivity index (χ4v) is 2.85. The first-order chi connectivity index (χ1) is 13.8. The number of nitrogens with zero attached hydrogens (tertiary/aromatic N) is 5. The van der Waals surface area contributed by atoms with Gasteiger partial charge in [0.05, 0.1) is 16.1 Å². The first kappa shape index (κ1) is 26.4. The van der Waals surface area contributed by atoms with Crippen molar-refractivity contribution in [1.29, 1.82) is 0 Å². The van der Waals surface area contributed by atoms with Crippen molar-refractivity contribution in [3.8, 4) is 0 Å². The minimum atomic E-state index is -0.0911. The van der Waals surface area contributed by atoms with Gasteiger partial charge in [-0.15, -0.1) is 34.2 Å². The summed E-state index contributed by atoms with van der Waals surface area (Å²) < 4.78 is 1.98. The van der Waals surface area contributed by atoms with E-state index >= 15 is 0 Å². The Morgan fingerprint density at radius 3 is 2.67 bits per heavy atom. The van der Waals surface area contributed by atoms with Crippen LogP contribution in [0.1, 0.15) is 31.3 Å². The summed E-state index contributed by atoms with van der Waals surface area (Å²) in [5, 5.41) is 15.6. The minimum Gasteiger partial charge on any atom is -0.355 e. The Morgan fingerprint density at radius 2 is 2.03 bits per heavy atom. The van der Waals surface area contributed by atoms with Crippen molar-refractivity contribution >= 4 is 59.0 Å². The van der Waals surface area contributed by atoms with E-state index in [2.05, 4.69) is 25.8 Å². The van der Waals surface area contributed by atoms with Crippen LogP contribution in [0.25, 0.3) is 0 Å². The molecule has 0 aliphatic rings. The molecule has 0 bridgehead atoms. The number of carbonyl (C=O) groups excluding carboxylic acids is 1. The number of likely N-dealkylation sites (N-methyl/N-ethyl adjacent to an activating group) is 1. The molecule has 1 unspecified atom stereocenters. The molecule has 1 amide bonds. The standard InChI is InChI=1S/C19H27Cl2N7O.HI/c1-5-17-26-24-12-28(17)9-8-22-19(23-11-18(29)27(3)4)25-13(2)14-6-7-15(20)16(21)10-14;/h6-7,10,12-13H,5,8-9,11H2,1-4H3,(H2,22,23,25);1H. The lowest BCUT2D eigenvalue weighted by Crippen LogP contribution is -2.41. The average Bonchev–Trinajstić information content (AvgIpc) is 3.15. The number of aryl methyl sites for hydroxylation is 1. The minimum absolute atomic E-state index is 0. The van der Waals surface area contributed by atoms with Gasteiger partial charge < -0.3 is 20.1 Å². The molecular weight excluding hydrogens is 540 g/mol. The number of amides is 1. The molecule has 0 aliphatic carbocycles. The van der Waals surface area contributed by atoms with Crippen molar-refractivity contribution in [3.63, 3.8) is 0 Å². The molecule has 30 heavy (non-hydrogen) atoms. The molecule has 2 N–H and O–H groups in total.